The number of phenols is 2. The number of aromatic hydroxyl groups is 2. The lowest BCUT2D eigenvalue weighted by Crippen LogP contribution is -2.27. The number of fused-ring (bicyclic) bond motifs is 1. The first-order valence-electron chi connectivity index (χ1n) is 10.8. The van der Waals surface area contributed by atoms with Crippen LogP contribution in [-0.2, 0) is 13.1 Å². The van der Waals surface area contributed by atoms with Crippen LogP contribution in [0.1, 0.15) is 59.2 Å². The molecule has 2 aliphatic rings. The smallest absolute Gasteiger partial charge is 0.262 e. The van der Waals surface area contributed by atoms with E-state index in [4.69, 9.17) is 4.74 Å². The Balaban J connectivity index is 1.61. The Bertz CT molecular complexity index is 951. The molecule has 1 aliphatic heterocycles. The highest BCUT2D eigenvalue weighted by Gasteiger charge is 2.31. The molecule has 1 fully saturated rings. The lowest BCUT2D eigenvalue weighted by atomic mass is 9.90. The number of phenolic OH excluding ortho intramolecular Hbond substituents is 2. The predicted molar refractivity (Wildman–Crippen MR) is 116 cm³/mol. The first kappa shape index (κ1) is 20.4. The van der Waals surface area contributed by atoms with E-state index in [2.05, 4.69) is 5.32 Å². The van der Waals surface area contributed by atoms with Gasteiger partial charge in [-0.2, -0.15) is 0 Å². The van der Waals surface area contributed by atoms with Crippen LogP contribution < -0.4 is 10.1 Å². The molecule has 0 unspecified atom stereocenters. The minimum Gasteiger partial charge on any atom is -0.507 e. The molecule has 1 saturated carbocycles. The summed E-state index contributed by atoms with van der Waals surface area (Å²) in [5.74, 6) is 0.150. The van der Waals surface area contributed by atoms with Gasteiger partial charge in [0, 0.05) is 37.5 Å². The number of nitrogens with zero attached hydrogens (tertiary/aromatic N) is 1. The van der Waals surface area contributed by atoms with Gasteiger partial charge in [-0.25, -0.2) is 0 Å². The fourth-order valence-corrected chi connectivity index (χ4v) is 4.63. The molecular weight excluding hydrogens is 380 g/mol. The Labute approximate surface area is 177 Å². The first-order valence-corrected chi connectivity index (χ1v) is 10.8. The van der Waals surface area contributed by atoms with Crippen LogP contribution in [0.25, 0.3) is 0 Å². The molecule has 0 spiro atoms. The Kier molecular flexibility index (Phi) is 5.75. The third kappa shape index (κ3) is 3.78. The molecule has 3 N–H and O–H groups in total. The fraction of sp³-hybridized carbons (Fsp3) is 0.458. The summed E-state index contributed by atoms with van der Waals surface area (Å²) in [6.45, 7) is 3.16. The molecule has 0 atom stereocenters. The maximum atomic E-state index is 13.5. The van der Waals surface area contributed by atoms with Gasteiger partial charge in [0.15, 0.2) is 0 Å². The zero-order valence-electron chi connectivity index (χ0n) is 17.7. The summed E-state index contributed by atoms with van der Waals surface area (Å²) in [6, 6.07) is 7.22. The molecule has 6 heteroatoms. The van der Waals surface area contributed by atoms with Crippen LogP contribution in [0.15, 0.2) is 24.3 Å². The van der Waals surface area contributed by atoms with Gasteiger partial charge in [0.2, 0.25) is 0 Å². The lowest BCUT2D eigenvalue weighted by molar-refractivity contribution is 0.0741. The van der Waals surface area contributed by atoms with Crippen molar-refractivity contribution >= 4 is 11.6 Å². The van der Waals surface area contributed by atoms with Gasteiger partial charge < -0.3 is 25.2 Å². The largest absolute Gasteiger partial charge is 0.507 e. The lowest BCUT2D eigenvalue weighted by Gasteiger charge is -2.25. The standard InChI is InChI=1S/C24H30N2O4/c1-15-20(27)11-21(28)22(23(15)30-14-16-7-4-3-5-8-16)24(29)26-12-17-9-6-10-19(25-2)18(17)13-26/h6,9-11,16,25,27-28H,3-5,7-8,12-14H2,1-2H3. The SMILES string of the molecule is CNc1cccc2c1CN(C(=O)c1c(O)cc(O)c(C)c1OCC1CCCCC1)C2. The fourth-order valence-electron chi connectivity index (χ4n) is 4.63. The van der Waals surface area contributed by atoms with E-state index in [0.717, 1.165) is 29.7 Å². The highest BCUT2D eigenvalue weighted by Crippen LogP contribution is 2.40. The zero-order chi connectivity index (χ0) is 21.3. The summed E-state index contributed by atoms with van der Waals surface area (Å²) in [5, 5.41) is 24.0. The molecule has 1 heterocycles. The number of benzene rings is 2. The van der Waals surface area contributed by atoms with Gasteiger partial charge in [-0.3, -0.25) is 4.79 Å². The van der Waals surface area contributed by atoms with Crippen LogP contribution in [0.4, 0.5) is 5.69 Å². The van der Waals surface area contributed by atoms with Gasteiger partial charge in [0.05, 0.1) is 6.61 Å². The summed E-state index contributed by atoms with van der Waals surface area (Å²) in [4.78, 5) is 15.2. The van der Waals surface area contributed by atoms with Crippen molar-refractivity contribution in [3.8, 4) is 17.2 Å². The van der Waals surface area contributed by atoms with Crippen LogP contribution in [-0.4, -0.2) is 34.7 Å². The van der Waals surface area contributed by atoms with E-state index in [9.17, 15) is 15.0 Å². The molecule has 1 amide bonds. The Morgan fingerprint density at radius 2 is 1.93 bits per heavy atom. The third-order valence-corrected chi connectivity index (χ3v) is 6.42. The number of hydrogen-bond acceptors (Lipinski definition) is 5. The van der Waals surface area contributed by atoms with Crippen molar-refractivity contribution in [2.45, 2.75) is 52.1 Å². The second-order valence-electron chi connectivity index (χ2n) is 8.41. The molecule has 30 heavy (non-hydrogen) atoms. The van der Waals surface area contributed by atoms with Gasteiger partial charge in [-0.1, -0.05) is 31.4 Å². The van der Waals surface area contributed by atoms with Gasteiger partial charge in [-0.05, 0) is 42.9 Å². The number of carbonyl (C=O) groups is 1. The van der Waals surface area contributed by atoms with Crippen molar-refractivity contribution < 1.29 is 19.7 Å². The number of hydrogen-bond donors (Lipinski definition) is 3. The van der Waals surface area contributed by atoms with Crippen LogP contribution in [0.3, 0.4) is 0 Å². The van der Waals surface area contributed by atoms with Gasteiger partial charge in [-0.15, -0.1) is 0 Å². The normalized spacial score (nSPS) is 16.4. The monoisotopic (exact) mass is 410 g/mol. The van der Waals surface area contributed by atoms with Crippen LogP contribution >= 0.6 is 0 Å². The van der Waals surface area contributed by atoms with Crippen molar-refractivity contribution in [2.75, 3.05) is 19.0 Å². The third-order valence-electron chi connectivity index (χ3n) is 6.42. The molecule has 2 aromatic rings. The highest BCUT2D eigenvalue weighted by atomic mass is 16.5. The molecule has 0 radical (unpaired) electrons. The molecule has 0 bridgehead atoms. The van der Waals surface area contributed by atoms with Gasteiger partial charge in [0.25, 0.3) is 5.91 Å². The first-order chi connectivity index (χ1) is 14.5. The van der Waals surface area contributed by atoms with Gasteiger partial charge in [0.1, 0.15) is 22.8 Å². The maximum absolute atomic E-state index is 13.5. The highest BCUT2D eigenvalue weighted by molar-refractivity contribution is 6.00. The van der Waals surface area contributed by atoms with Crippen LogP contribution in [0, 0.1) is 12.8 Å². The second kappa shape index (κ2) is 8.46. The van der Waals surface area contributed by atoms with Crippen LogP contribution in [0.2, 0.25) is 0 Å². The Hall–Kier alpha value is -2.89. The average molecular weight is 411 g/mol. The number of anilines is 1. The molecule has 1 aliphatic carbocycles. The van der Waals surface area contributed by atoms with E-state index in [1.807, 2.05) is 25.2 Å². The summed E-state index contributed by atoms with van der Waals surface area (Å²) in [5.41, 5.74) is 3.81. The number of ether oxygens (including phenoxy) is 1. The summed E-state index contributed by atoms with van der Waals surface area (Å²) < 4.78 is 6.09. The molecule has 4 rings (SSSR count). The second-order valence-corrected chi connectivity index (χ2v) is 8.41. The average Bonchev–Trinajstić information content (AvgIpc) is 3.20. The maximum Gasteiger partial charge on any atom is 0.262 e. The van der Waals surface area contributed by atoms with E-state index < -0.39 is 0 Å². The Morgan fingerprint density at radius 1 is 1.17 bits per heavy atom. The van der Waals surface area contributed by atoms with Crippen molar-refractivity contribution in [3.05, 3.63) is 46.5 Å². The molecular formula is C24H30N2O4. The number of amides is 1. The van der Waals surface area contributed by atoms with E-state index in [1.165, 1.54) is 25.3 Å². The molecule has 2 aromatic carbocycles. The predicted octanol–water partition coefficient (Wildman–Crippen LogP) is 4.56. The van der Waals surface area contributed by atoms with Crippen molar-refractivity contribution in [1.29, 1.82) is 0 Å². The minimum absolute atomic E-state index is 0.0649. The van der Waals surface area contributed by atoms with E-state index in [1.54, 1.807) is 11.8 Å². The summed E-state index contributed by atoms with van der Waals surface area (Å²) in [6.07, 6.45) is 5.88. The molecule has 160 valence electrons. The van der Waals surface area contributed by atoms with E-state index in [-0.39, 0.29) is 23.0 Å². The zero-order valence-corrected chi connectivity index (χ0v) is 17.7. The number of rotatable bonds is 5. The number of nitrogens with one attached hydrogen (secondary N) is 1. The number of carbonyl (C=O) groups excluding carboxylic acids is 1. The minimum atomic E-state index is -0.285. The van der Waals surface area contributed by atoms with Crippen molar-refractivity contribution in [2.24, 2.45) is 5.92 Å². The summed E-state index contributed by atoms with van der Waals surface area (Å²) >= 11 is 0. The quantitative estimate of drug-likeness (QED) is 0.673. The Morgan fingerprint density at radius 3 is 2.67 bits per heavy atom. The topological polar surface area (TPSA) is 82.0 Å². The van der Waals surface area contributed by atoms with E-state index in [0.29, 0.717) is 36.9 Å². The van der Waals surface area contributed by atoms with Crippen LogP contribution in [0.5, 0.6) is 17.2 Å². The molecule has 0 aromatic heterocycles. The van der Waals surface area contributed by atoms with Crippen molar-refractivity contribution in [3.63, 3.8) is 0 Å². The van der Waals surface area contributed by atoms with Crippen molar-refractivity contribution in [1.82, 2.24) is 4.90 Å². The van der Waals surface area contributed by atoms with E-state index >= 15 is 0 Å². The molecule has 6 nitrogen and oxygen atoms in total. The van der Waals surface area contributed by atoms with Gasteiger partial charge >= 0.3 is 0 Å². The molecule has 0 saturated heterocycles. The summed E-state index contributed by atoms with van der Waals surface area (Å²) in [7, 11) is 1.87.